The summed E-state index contributed by atoms with van der Waals surface area (Å²) in [5, 5.41) is 0.733. The van der Waals surface area contributed by atoms with Crippen LogP contribution in [0.5, 0.6) is 11.5 Å². The summed E-state index contributed by atoms with van der Waals surface area (Å²) in [6, 6.07) is 13.4. The number of benzene rings is 2. The molecule has 1 amide bonds. The van der Waals surface area contributed by atoms with Crippen molar-refractivity contribution in [1.82, 2.24) is 4.90 Å². The number of para-hydroxylation sites is 1. The van der Waals surface area contributed by atoms with Gasteiger partial charge in [0.25, 0.3) is 5.91 Å². The van der Waals surface area contributed by atoms with E-state index in [4.69, 9.17) is 14.5 Å². The molecule has 2 aromatic carbocycles. The highest BCUT2D eigenvalue weighted by Crippen LogP contribution is 2.34. The molecule has 3 rings (SSSR count). The molecule has 0 saturated carbocycles. The fraction of sp³-hybridized carbons (Fsp3) is 0.333. The van der Waals surface area contributed by atoms with Gasteiger partial charge in [0.15, 0.2) is 5.17 Å². The molecule has 2 aromatic rings. The van der Waals surface area contributed by atoms with E-state index in [-0.39, 0.29) is 11.9 Å². The summed E-state index contributed by atoms with van der Waals surface area (Å²) in [5.74, 6) is 2.03. The Bertz CT molecular complexity index is 827. The molecule has 1 heterocycles. The van der Waals surface area contributed by atoms with Crippen molar-refractivity contribution in [3.05, 3.63) is 53.6 Å². The molecule has 5 nitrogen and oxygen atoms in total. The Kier molecular flexibility index (Phi) is 6.06. The van der Waals surface area contributed by atoms with Gasteiger partial charge in [0.05, 0.1) is 19.9 Å². The zero-order chi connectivity index (χ0) is 19.4. The fourth-order valence-electron chi connectivity index (χ4n) is 3.07. The standard InChI is InChI=1S/C21H24N2O3S/c1-5-17-13-27-21(22-16-9-7-6-8-10-16)23(17)20(24)15-11-18(25-3)14(2)19(12-15)26-4/h6-12,17H,5,13H2,1-4H3/t17-/m1/s1. The van der Waals surface area contributed by atoms with E-state index in [9.17, 15) is 4.79 Å². The first-order valence-electron chi connectivity index (χ1n) is 8.91. The van der Waals surface area contributed by atoms with E-state index in [2.05, 4.69) is 6.92 Å². The van der Waals surface area contributed by atoms with Gasteiger partial charge in [0.2, 0.25) is 0 Å². The number of rotatable bonds is 5. The molecule has 1 aliphatic heterocycles. The lowest BCUT2D eigenvalue weighted by Crippen LogP contribution is -2.39. The van der Waals surface area contributed by atoms with Crippen LogP contribution in [0.15, 0.2) is 47.5 Å². The number of carbonyl (C=O) groups excluding carboxylic acids is 1. The maximum atomic E-state index is 13.4. The maximum absolute atomic E-state index is 13.4. The van der Waals surface area contributed by atoms with E-state index in [1.165, 1.54) is 0 Å². The predicted octanol–water partition coefficient (Wildman–Crippen LogP) is 4.67. The third-order valence-corrected chi connectivity index (χ3v) is 5.74. The molecule has 27 heavy (non-hydrogen) atoms. The summed E-state index contributed by atoms with van der Waals surface area (Å²) >= 11 is 1.62. The smallest absolute Gasteiger partial charge is 0.260 e. The van der Waals surface area contributed by atoms with E-state index >= 15 is 0 Å². The van der Waals surface area contributed by atoms with Crippen LogP contribution in [-0.2, 0) is 0 Å². The SMILES string of the molecule is CC[C@@H]1CSC(=Nc2ccccc2)N1C(=O)c1cc(OC)c(C)c(OC)c1. The van der Waals surface area contributed by atoms with Gasteiger partial charge in [-0.15, -0.1) is 0 Å². The predicted molar refractivity (Wildman–Crippen MR) is 111 cm³/mol. The van der Waals surface area contributed by atoms with Crippen LogP contribution in [0.3, 0.4) is 0 Å². The number of hydrogen-bond acceptors (Lipinski definition) is 5. The van der Waals surface area contributed by atoms with Crippen molar-refractivity contribution >= 4 is 28.5 Å². The van der Waals surface area contributed by atoms with Gasteiger partial charge in [-0.1, -0.05) is 36.9 Å². The van der Waals surface area contributed by atoms with Crippen LogP contribution in [-0.4, -0.2) is 42.0 Å². The highest BCUT2D eigenvalue weighted by molar-refractivity contribution is 8.14. The second kappa shape index (κ2) is 8.48. The van der Waals surface area contributed by atoms with Crippen LogP contribution >= 0.6 is 11.8 Å². The van der Waals surface area contributed by atoms with Gasteiger partial charge in [-0.3, -0.25) is 9.69 Å². The van der Waals surface area contributed by atoms with E-state index in [0.29, 0.717) is 17.1 Å². The molecular formula is C21H24N2O3S. The monoisotopic (exact) mass is 384 g/mol. The third kappa shape index (κ3) is 3.95. The average molecular weight is 385 g/mol. The van der Waals surface area contributed by atoms with Crippen LogP contribution in [0.25, 0.3) is 0 Å². The molecular weight excluding hydrogens is 360 g/mol. The Balaban J connectivity index is 2.01. The van der Waals surface area contributed by atoms with Gasteiger partial charge < -0.3 is 9.47 Å². The second-order valence-electron chi connectivity index (χ2n) is 6.28. The van der Waals surface area contributed by atoms with Gasteiger partial charge >= 0.3 is 0 Å². The zero-order valence-corrected chi connectivity index (χ0v) is 16.9. The van der Waals surface area contributed by atoms with Crippen LogP contribution in [0.2, 0.25) is 0 Å². The molecule has 1 atom stereocenters. The summed E-state index contributed by atoms with van der Waals surface area (Å²) in [4.78, 5) is 19.9. The van der Waals surface area contributed by atoms with Crippen molar-refractivity contribution in [2.24, 2.45) is 4.99 Å². The van der Waals surface area contributed by atoms with Crippen LogP contribution in [0.4, 0.5) is 5.69 Å². The highest BCUT2D eigenvalue weighted by atomic mass is 32.2. The molecule has 1 fully saturated rings. The number of methoxy groups -OCH3 is 2. The van der Waals surface area contributed by atoms with Crippen molar-refractivity contribution in [3.63, 3.8) is 0 Å². The van der Waals surface area contributed by atoms with Crippen molar-refractivity contribution in [1.29, 1.82) is 0 Å². The summed E-state index contributed by atoms with van der Waals surface area (Å²) in [6.45, 7) is 4.00. The first-order chi connectivity index (χ1) is 13.1. The minimum atomic E-state index is -0.0851. The van der Waals surface area contributed by atoms with Crippen molar-refractivity contribution < 1.29 is 14.3 Å². The van der Waals surface area contributed by atoms with E-state index in [0.717, 1.165) is 28.6 Å². The normalized spacial score (nSPS) is 18.0. The number of ether oxygens (including phenoxy) is 2. The van der Waals surface area contributed by atoms with Gasteiger partial charge in [-0.2, -0.15) is 0 Å². The lowest BCUT2D eigenvalue weighted by molar-refractivity contribution is 0.0818. The van der Waals surface area contributed by atoms with Gasteiger partial charge in [0.1, 0.15) is 11.5 Å². The Labute approximate surface area is 164 Å². The number of amides is 1. The molecule has 0 aliphatic carbocycles. The topological polar surface area (TPSA) is 51.1 Å². The van der Waals surface area contributed by atoms with Crippen molar-refractivity contribution in [2.45, 2.75) is 26.3 Å². The lowest BCUT2D eigenvalue weighted by Gasteiger charge is -2.24. The van der Waals surface area contributed by atoms with Gasteiger partial charge in [-0.05, 0) is 37.6 Å². The highest BCUT2D eigenvalue weighted by Gasteiger charge is 2.35. The Morgan fingerprint density at radius 3 is 2.37 bits per heavy atom. The Morgan fingerprint density at radius 2 is 1.81 bits per heavy atom. The Morgan fingerprint density at radius 1 is 1.19 bits per heavy atom. The number of hydrogen-bond donors (Lipinski definition) is 0. The summed E-state index contributed by atoms with van der Waals surface area (Å²) in [7, 11) is 3.19. The molecule has 1 aliphatic rings. The van der Waals surface area contributed by atoms with Gasteiger partial charge in [0, 0.05) is 22.9 Å². The molecule has 0 unspecified atom stereocenters. The lowest BCUT2D eigenvalue weighted by atomic mass is 10.1. The molecule has 0 spiro atoms. The number of nitrogens with zero attached hydrogens (tertiary/aromatic N) is 2. The summed E-state index contributed by atoms with van der Waals surface area (Å²) < 4.78 is 10.9. The van der Waals surface area contributed by atoms with Crippen LogP contribution in [0.1, 0.15) is 29.3 Å². The van der Waals surface area contributed by atoms with E-state index < -0.39 is 0 Å². The fourth-order valence-corrected chi connectivity index (χ4v) is 4.34. The molecule has 0 N–H and O–H groups in total. The number of thioether (sulfide) groups is 1. The quantitative estimate of drug-likeness (QED) is 0.752. The number of carbonyl (C=O) groups is 1. The van der Waals surface area contributed by atoms with E-state index in [1.54, 1.807) is 43.0 Å². The largest absolute Gasteiger partial charge is 0.496 e. The zero-order valence-electron chi connectivity index (χ0n) is 16.1. The molecule has 142 valence electrons. The van der Waals surface area contributed by atoms with E-state index in [1.807, 2.05) is 37.3 Å². The van der Waals surface area contributed by atoms with Crippen molar-refractivity contribution in [3.8, 4) is 11.5 Å². The second-order valence-corrected chi connectivity index (χ2v) is 7.27. The van der Waals surface area contributed by atoms with Crippen molar-refractivity contribution in [2.75, 3.05) is 20.0 Å². The minimum Gasteiger partial charge on any atom is -0.496 e. The Hall–Kier alpha value is -2.47. The average Bonchev–Trinajstić information content (AvgIpc) is 3.10. The van der Waals surface area contributed by atoms with Crippen LogP contribution in [0, 0.1) is 6.92 Å². The maximum Gasteiger partial charge on any atom is 0.260 e. The molecule has 1 saturated heterocycles. The first-order valence-corrected chi connectivity index (χ1v) is 9.90. The first kappa shape index (κ1) is 19.3. The molecule has 0 bridgehead atoms. The summed E-state index contributed by atoms with van der Waals surface area (Å²) in [5.41, 5.74) is 2.25. The summed E-state index contributed by atoms with van der Waals surface area (Å²) in [6.07, 6.45) is 0.868. The van der Waals surface area contributed by atoms with Crippen LogP contribution < -0.4 is 9.47 Å². The number of aliphatic imine (C=N–C) groups is 1. The van der Waals surface area contributed by atoms with Gasteiger partial charge in [-0.25, -0.2) is 4.99 Å². The number of amidine groups is 1. The molecule has 0 aromatic heterocycles. The third-order valence-electron chi connectivity index (χ3n) is 4.65. The molecule has 0 radical (unpaired) electrons. The minimum absolute atomic E-state index is 0.0851. The molecule has 6 heteroatoms.